The van der Waals surface area contributed by atoms with Crippen LogP contribution in [0.1, 0.15) is 5.56 Å². The molecule has 0 saturated heterocycles. The molecule has 0 bridgehead atoms. The van der Waals surface area contributed by atoms with Gasteiger partial charge in [0.15, 0.2) is 0 Å². The number of hydrogen-bond acceptors (Lipinski definition) is 4. The first-order valence-corrected chi connectivity index (χ1v) is 8.38. The van der Waals surface area contributed by atoms with E-state index in [2.05, 4.69) is 11.3 Å². The normalized spacial score (nSPS) is 10.9. The molecule has 19 heavy (non-hydrogen) atoms. The third-order valence-corrected chi connectivity index (χ3v) is 4.73. The van der Waals surface area contributed by atoms with Crippen molar-refractivity contribution in [2.75, 3.05) is 18.1 Å². The minimum absolute atomic E-state index is 0.225. The molecule has 0 aromatic heterocycles. The Hall–Kier alpha value is -1.29. The van der Waals surface area contributed by atoms with Gasteiger partial charge in [-0.2, -0.15) is 17.0 Å². The zero-order chi connectivity index (χ0) is 14.1. The number of nitrogens with zero attached hydrogens (tertiary/aromatic N) is 1. The van der Waals surface area contributed by atoms with E-state index in [1.165, 1.54) is 12.1 Å². The fourth-order valence-electron chi connectivity index (χ4n) is 1.38. The molecule has 6 heteroatoms. The lowest BCUT2D eigenvalue weighted by atomic mass is 10.2. The molecule has 1 aromatic rings. The van der Waals surface area contributed by atoms with Gasteiger partial charge in [0.2, 0.25) is 10.0 Å². The highest BCUT2D eigenvalue weighted by atomic mass is 32.2. The van der Waals surface area contributed by atoms with Gasteiger partial charge in [-0.15, -0.1) is 6.58 Å². The average Bonchev–Trinajstić information content (AvgIpc) is 2.39. The Morgan fingerprint density at radius 1 is 1.37 bits per heavy atom. The number of sulfonamides is 1. The lowest BCUT2D eigenvalue weighted by Crippen LogP contribution is -2.26. The molecule has 0 atom stereocenters. The standard InChI is InChI=1S/C13H16N2O2S2/c1-2-10-18-11-9-15-19(16,17)13-5-3-12(4-6-13)7-8-14/h2-6,15H,1,7,9-11H2. The molecule has 0 amide bonds. The summed E-state index contributed by atoms with van der Waals surface area (Å²) < 4.78 is 26.4. The van der Waals surface area contributed by atoms with Crippen LogP contribution >= 0.6 is 11.8 Å². The Labute approximate surface area is 118 Å². The van der Waals surface area contributed by atoms with Crippen molar-refractivity contribution in [1.29, 1.82) is 5.26 Å². The van der Waals surface area contributed by atoms with E-state index in [0.29, 0.717) is 12.3 Å². The zero-order valence-electron chi connectivity index (χ0n) is 10.5. The molecule has 0 fully saturated rings. The largest absolute Gasteiger partial charge is 0.240 e. The highest BCUT2D eigenvalue weighted by molar-refractivity contribution is 7.99. The van der Waals surface area contributed by atoms with Crippen LogP contribution in [0.4, 0.5) is 0 Å². The summed E-state index contributed by atoms with van der Waals surface area (Å²) in [4.78, 5) is 0.225. The van der Waals surface area contributed by atoms with Gasteiger partial charge in [0, 0.05) is 18.1 Å². The van der Waals surface area contributed by atoms with Gasteiger partial charge >= 0.3 is 0 Å². The monoisotopic (exact) mass is 296 g/mol. The summed E-state index contributed by atoms with van der Waals surface area (Å²) >= 11 is 1.62. The number of rotatable bonds is 8. The summed E-state index contributed by atoms with van der Waals surface area (Å²) in [5.74, 6) is 1.52. The van der Waals surface area contributed by atoms with Crippen LogP contribution in [0.5, 0.6) is 0 Å². The maximum atomic E-state index is 11.9. The highest BCUT2D eigenvalue weighted by Crippen LogP contribution is 2.11. The van der Waals surface area contributed by atoms with E-state index in [0.717, 1.165) is 11.3 Å². The molecule has 0 heterocycles. The van der Waals surface area contributed by atoms with Gasteiger partial charge in [-0.05, 0) is 17.7 Å². The molecule has 1 rings (SSSR count). The van der Waals surface area contributed by atoms with Crippen LogP contribution in [0, 0.1) is 11.3 Å². The molecule has 4 nitrogen and oxygen atoms in total. The van der Waals surface area contributed by atoms with Crippen molar-refractivity contribution in [2.45, 2.75) is 11.3 Å². The molecule has 0 aliphatic heterocycles. The van der Waals surface area contributed by atoms with Crippen molar-refractivity contribution >= 4 is 21.8 Å². The SMILES string of the molecule is C=CCSCCNS(=O)(=O)c1ccc(CC#N)cc1. The minimum Gasteiger partial charge on any atom is -0.210 e. The molecule has 0 radical (unpaired) electrons. The Morgan fingerprint density at radius 2 is 2.05 bits per heavy atom. The number of thioether (sulfide) groups is 1. The second-order valence-corrected chi connectivity index (χ2v) is 6.66. The molecule has 1 aromatic carbocycles. The van der Waals surface area contributed by atoms with Crippen LogP contribution < -0.4 is 4.72 Å². The quantitative estimate of drug-likeness (QED) is 0.588. The van der Waals surface area contributed by atoms with Gasteiger partial charge in [-0.3, -0.25) is 0 Å². The van der Waals surface area contributed by atoms with Crippen molar-refractivity contribution in [2.24, 2.45) is 0 Å². The zero-order valence-corrected chi connectivity index (χ0v) is 12.1. The summed E-state index contributed by atoms with van der Waals surface area (Å²) in [7, 11) is -3.45. The van der Waals surface area contributed by atoms with E-state index in [9.17, 15) is 8.42 Å². The van der Waals surface area contributed by atoms with Gasteiger partial charge in [0.05, 0.1) is 17.4 Å². The first-order chi connectivity index (χ1) is 9.10. The molecule has 0 unspecified atom stereocenters. The summed E-state index contributed by atoms with van der Waals surface area (Å²) in [6.07, 6.45) is 2.07. The molecule has 0 aliphatic carbocycles. The third-order valence-electron chi connectivity index (χ3n) is 2.29. The van der Waals surface area contributed by atoms with Crippen molar-refractivity contribution in [3.05, 3.63) is 42.5 Å². The van der Waals surface area contributed by atoms with Crippen molar-refractivity contribution in [3.8, 4) is 6.07 Å². The molecule has 0 aliphatic rings. The van der Waals surface area contributed by atoms with Gasteiger partial charge in [-0.1, -0.05) is 18.2 Å². The van der Waals surface area contributed by atoms with E-state index in [1.54, 1.807) is 30.0 Å². The summed E-state index contributed by atoms with van der Waals surface area (Å²) in [5, 5.41) is 8.55. The Balaban J connectivity index is 2.57. The molecular formula is C13H16N2O2S2. The Morgan fingerprint density at radius 3 is 2.63 bits per heavy atom. The number of benzene rings is 1. The predicted octanol–water partition coefficient (Wildman–Crippen LogP) is 1.95. The minimum atomic E-state index is -3.45. The van der Waals surface area contributed by atoms with Gasteiger partial charge in [0.25, 0.3) is 0 Å². The number of nitriles is 1. The second kappa shape index (κ2) is 8.00. The lowest BCUT2D eigenvalue weighted by Gasteiger charge is -2.06. The first kappa shape index (κ1) is 15.8. The molecule has 102 valence electrons. The van der Waals surface area contributed by atoms with Crippen molar-refractivity contribution < 1.29 is 8.42 Å². The lowest BCUT2D eigenvalue weighted by molar-refractivity contribution is 0.584. The fraction of sp³-hybridized carbons (Fsp3) is 0.308. The van der Waals surface area contributed by atoms with E-state index in [1.807, 2.05) is 6.07 Å². The average molecular weight is 296 g/mol. The topological polar surface area (TPSA) is 70.0 Å². The molecule has 0 saturated carbocycles. The van der Waals surface area contributed by atoms with Crippen molar-refractivity contribution in [1.82, 2.24) is 4.72 Å². The van der Waals surface area contributed by atoms with Crippen LogP contribution in [0.25, 0.3) is 0 Å². The van der Waals surface area contributed by atoms with E-state index < -0.39 is 10.0 Å². The second-order valence-electron chi connectivity index (χ2n) is 3.74. The third kappa shape index (κ3) is 5.47. The Kier molecular flexibility index (Phi) is 6.64. The summed E-state index contributed by atoms with van der Waals surface area (Å²) in [6, 6.07) is 8.37. The van der Waals surface area contributed by atoms with Gasteiger partial charge < -0.3 is 0 Å². The van der Waals surface area contributed by atoms with E-state index in [4.69, 9.17) is 5.26 Å². The van der Waals surface area contributed by atoms with Crippen LogP contribution in [0.15, 0.2) is 41.8 Å². The van der Waals surface area contributed by atoms with E-state index in [-0.39, 0.29) is 11.3 Å². The molecule has 0 spiro atoms. The smallest absolute Gasteiger partial charge is 0.210 e. The highest BCUT2D eigenvalue weighted by Gasteiger charge is 2.12. The maximum Gasteiger partial charge on any atom is 0.240 e. The summed E-state index contributed by atoms with van der Waals surface area (Å²) in [5.41, 5.74) is 0.808. The first-order valence-electron chi connectivity index (χ1n) is 5.74. The maximum absolute atomic E-state index is 11.9. The predicted molar refractivity (Wildman–Crippen MR) is 78.5 cm³/mol. The van der Waals surface area contributed by atoms with Crippen LogP contribution in [0.3, 0.4) is 0 Å². The number of hydrogen-bond donors (Lipinski definition) is 1. The summed E-state index contributed by atoms with van der Waals surface area (Å²) in [6.45, 7) is 3.99. The number of nitrogens with one attached hydrogen (secondary N) is 1. The molecule has 1 N–H and O–H groups in total. The molecular weight excluding hydrogens is 280 g/mol. The van der Waals surface area contributed by atoms with Gasteiger partial charge in [0.1, 0.15) is 0 Å². The van der Waals surface area contributed by atoms with Crippen molar-refractivity contribution in [3.63, 3.8) is 0 Å². The van der Waals surface area contributed by atoms with Crippen LogP contribution in [0.2, 0.25) is 0 Å². The van der Waals surface area contributed by atoms with Crippen LogP contribution in [-0.4, -0.2) is 26.5 Å². The van der Waals surface area contributed by atoms with E-state index >= 15 is 0 Å². The fourth-order valence-corrected chi connectivity index (χ4v) is 3.12. The Bertz CT molecular complexity index is 545. The van der Waals surface area contributed by atoms with Gasteiger partial charge in [-0.25, -0.2) is 13.1 Å². The van der Waals surface area contributed by atoms with Crippen LogP contribution in [-0.2, 0) is 16.4 Å².